The maximum absolute atomic E-state index is 10.2. The predicted molar refractivity (Wildman–Crippen MR) is 33.3 cm³/mol. The molecule has 0 spiro atoms. The summed E-state index contributed by atoms with van der Waals surface area (Å²) in [6, 6.07) is 3.08. The van der Waals surface area contributed by atoms with Crippen LogP contribution in [0.5, 0.6) is 0 Å². The van der Waals surface area contributed by atoms with Gasteiger partial charge in [0.05, 0.1) is 5.56 Å². The van der Waals surface area contributed by atoms with Crippen LogP contribution in [0.1, 0.15) is 10.4 Å². The zero-order valence-corrected chi connectivity index (χ0v) is 7.52. The van der Waals surface area contributed by atoms with Crippen molar-refractivity contribution in [3.05, 3.63) is 30.1 Å². The molecule has 0 bridgehead atoms. The molecule has 1 rings (SSSR count). The van der Waals surface area contributed by atoms with E-state index in [9.17, 15) is 4.79 Å². The first kappa shape index (κ1) is 11.6. The van der Waals surface area contributed by atoms with Gasteiger partial charge in [-0.1, -0.05) is 0 Å². The van der Waals surface area contributed by atoms with Crippen molar-refractivity contribution in [2.45, 2.75) is 0 Å². The van der Waals surface area contributed by atoms with Crippen molar-refractivity contribution in [2.75, 3.05) is 0 Å². The van der Waals surface area contributed by atoms with E-state index in [0.29, 0.717) is 0 Å². The van der Waals surface area contributed by atoms with Crippen LogP contribution in [0.15, 0.2) is 24.5 Å². The minimum absolute atomic E-state index is 0.220. The Kier molecular flexibility index (Phi) is 5.43. The summed E-state index contributed by atoms with van der Waals surface area (Å²) < 4.78 is 25.6. The van der Waals surface area contributed by atoms with E-state index in [1.165, 1.54) is 18.5 Å². The van der Waals surface area contributed by atoms with E-state index in [1.54, 1.807) is 6.07 Å². The van der Waals surface area contributed by atoms with Gasteiger partial charge in [-0.05, 0) is 12.1 Å². The molecule has 1 aromatic heterocycles. The molecule has 70 valence electrons. The minimum atomic E-state index is -3.79. The molecule has 0 radical (unpaired) electrons. The van der Waals surface area contributed by atoms with Gasteiger partial charge in [0.25, 0.3) is 0 Å². The van der Waals surface area contributed by atoms with Crippen LogP contribution in [-0.4, -0.2) is 16.1 Å². The molecular weight excluding hydrogens is 218 g/mol. The summed E-state index contributed by atoms with van der Waals surface area (Å²) in [6.45, 7) is 0. The molecule has 1 heterocycles. The second-order valence-electron chi connectivity index (χ2n) is 1.75. The van der Waals surface area contributed by atoms with Gasteiger partial charge in [-0.3, -0.25) is 4.98 Å². The van der Waals surface area contributed by atoms with Crippen LogP contribution in [0.4, 0.5) is 0 Å². The topological polar surface area (TPSA) is 101 Å². The van der Waals surface area contributed by atoms with Gasteiger partial charge in [0.15, 0.2) is 0 Å². The number of carbonyl (C=O) groups is 1. The number of aromatic nitrogens is 1. The summed E-state index contributed by atoms with van der Waals surface area (Å²) in [5.41, 5.74) is 0.220. The second-order valence-corrected chi connectivity index (χ2v) is 2.39. The molecule has 0 aliphatic carbocycles. The van der Waals surface area contributed by atoms with Crippen molar-refractivity contribution < 1.29 is 35.3 Å². The molecule has 0 aromatic carbocycles. The van der Waals surface area contributed by atoms with E-state index in [2.05, 4.69) is 4.98 Å². The van der Waals surface area contributed by atoms with Crippen molar-refractivity contribution in [3.8, 4) is 0 Å². The summed E-state index contributed by atoms with van der Waals surface area (Å²) in [6.07, 6.45) is 2.84. The molecule has 13 heavy (non-hydrogen) atoms. The summed E-state index contributed by atoms with van der Waals surface area (Å²) >= 11 is -3.79. The summed E-state index contributed by atoms with van der Waals surface area (Å²) in [7, 11) is 0. The first-order valence-corrected chi connectivity index (χ1v) is 4.50. The predicted octanol–water partition coefficient (Wildman–Crippen LogP) is 0.421. The number of rotatable bonds is 1. The van der Waals surface area contributed by atoms with Crippen LogP contribution in [0.3, 0.4) is 0 Å². The first-order chi connectivity index (χ1) is 6.04. The van der Waals surface area contributed by atoms with Gasteiger partial charge in [-0.15, -0.1) is 0 Å². The van der Waals surface area contributed by atoms with E-state index < -0.39 is 19.9 Å². The maximum atomic E-state index is 10.2. The molecule has 0 aliphatic rings. The molecule has 1 aromatic rings. The number of carboxylic acid groups (broad SMARTS) is 1. The van der Waals surface area contributed by atoms with E-state index in [0.717, 1.165) is 0 Å². The van der Waals surface area contributed by atoms with Gasteiger partial charge in [0, 0.05) is 12.4 Å². The monoisotopic (exact) mass is 223 g/mol. The van der Waals surface area contributed by atoms with Gasteiger partial charge in [0.1, 0.15) is 0 Å². The molecule has 7 heteroatoms. The normalized spacial score (nSPS) is 8.00. The van der Waals surface area contributed by atoms with Crippen molar-refractivity contribution >= 4 is 5.97 Å². The molecule has 0 saturated carbocycles. The van der Waals surface area contributed by atoms with Crippen LogP contribution >= 0.6 is 0 Å². The SMILES string of the molecule is O=C(O)c1cccnc1.[O]=[Cr](=[O])=[O]. The Bertz CT molecular complexity index is 363. The van der Waals surface area contributed by atoms with Crippen molar-refractivity contribution in [2.24, 2.45) is 0 Å². The van der Waals surface area contributed by atoms with E-state index in [1.807, 2.05) is 0 Å². The molecule has 0 saturated heterocycles. The van der Waals surface area contributed by atoms with E-state index in [-0.39, 0.29) is 5.56 Å². The molecule has 0 atom stereocenters. The van der Waals surface area contributed by atoms with Gasteiger partial charge in [-0.25, -0.2) is 4.79 Å². The third kappa shape index (κ3) is 6.93. The fraction of sp³-hybridized carbons (Fsp3) is 0. The molecule has 0 aliphatic heterocycles. The number of hydrogen-bond donors (Lipinski definition) is 1. The van der Waals surface area contributed by atoms with Gasteiger partial charge < -0.3 is 5.11 Å². The van der Waals surface area contributed by atoms with Crippen molar-refractivity contribution in [3.63, 3.8) is 0 Å². The summed E-state index contributed by atoms with van der Waals surface area (Å²) in [5, 5.41) is 8.34. The Labute approximate surface area is 76.9 Å². The molecule has 0 fully saturated rings. The average Bonchev–Trinajstić information content (AvgIpc) is 2.05. The summed E-state index contributed by atoms with van der Waals surface area (Å²) in [5.74, 6) is -0.942. The van der Waals surface area contributed by atoms with Crippen LogP contribution in [-0.2, 0) is 25.4 Å². The van der Waals surface area contributed by atoms with Crippen molar-refractivity contribution in [1.82, 2.24) is 4.98 Å². The Morgan fingerprint density at radius 1 is 1.38 bits per heavy atom. The third-order valence-electron chi connectivity index (χ3n) is 0.908. The van der Waals surface area contributed by atoms with Gasteiger partial charge >= 0.3 is 31.3 Å². The molecule has 0 unspecified atom stereocenters. The number of pyridine rings is 1. The zero-order chi connectivity index (χ0) is 10.3. The fourth-order valence-electron chi connectivity index (χ4n) is 0.489. The van der Waals surface area contributed by atoms with E-state index in [4.69, 9.17) is 16.5 Å². The van der Waals surface area contributed by atoms with Crippen LogP contribution in [0.25, 0.3) is 0 Å². The number of hydrogen-bond acceptors (Lipinski definition) is 5. The number of carboxylic acids is 1. The molecule has 0 amide bonds. The zero-order valence-electron chi connectivity index (χ0n) is 6.25. The Balaban J connectivity index is 0.000000310. The molecule has 6 nitrogen and oxygen atoms in total. The quantitative estimate of drug-likeness (QED) is 0.740. The fourth-order valence-corrected chi connectivity index (χ4v) is 0.489. The first-order valence-electron chi connectivity index (χ1n) is 2.94. The Morgan fingerprint density at radius 2 is 1.92 bits per heavy atom. The van der Waals surface area contributed by atoms with Crippen molar-refractivity contribution in [1.29, 1.82) is 0 Å². The summed E-state index contributed by atoms with van der Waals surface area (Å²) in [4.78, 5) is 13.8. The van der Waals surface area contributed by atoms with Gasteiger partial charge in [0.2, 0.25) is 0 Å². The van der Waals surface area contributed by atoms with Crippen LogP contribution in [0, 0.1) is 0 Å². The van der Waals surface area contributed by atoms with Gasteiger partial charge in [-0.2, -0.15) is 0 Å². The molecule has 1 N–H and O–H groups in total. The Morgan fingerprint density at radius 3 is 2.15 bits per heavy atom. The average molecular weight is 223 g/mol. The standard InChI is InChI=1S/C6H5NO2.Cr.3O/c8-6(9)5-2-1-3-7-4-5;;;;/h1-4H,(H,8,9);;;;. The molecular formula is C6H5CrNO5. The Hall–Kier alpha value is -1.45. The third-order valence-corrected chi connectivity index (χ3v) is 0.908. The van der Waals surface area contributed by atoms with E-state index >= 15 is 0 Å². The number of aromatic carboxylic acids is 1. The van der Waals surface area contributed by atoms with Crippen LogP contribution in [0.2, 0.25) is 0 Å². The second kappa shape index (κ2) is 6.11. The van der Waals surface area contributed by atoms with Crippen LogP contribution < -0.4 is 0 Å². The number of nitrogens with zero attached hydrogens (tertiary/aromatic N) is 1.